The molecule has 13 heteroatoms. The van der Waals surface area contributed by atoms with Gasteiger partial charge in [-0.05, 0) is 38.3 Å². The fraction of sp³-hybridized carbons (Fsp3) is 0.429. The highest BCUT2D eigenvalue weighted by atomic mass is 31.2. The van der Waals surface area contributed by atoms with Crippen LogP contribution in [0.5, 0.6) is 0 Å². The Kier molecular flexibility index (Phi) is 8.78. The number of nitrogen functional groups attached to an aromatic ring is 1. The summed E-state index contributed by atoms with van der Waals surface area (Å²) >= 11 is 0. The highest BCUT2D eigenvalue weighted by Gasteiger charge is 2.50. The molecule has 0 bridgehead atoms. The summed E-state index contributed by atoms with van der Waals surface area (Å²) in [6.45, 7) is 6.83. The number of nitrogens with two attached hydrogens (primary N) is 1. The Hall–Kier alpha value is -2.79. The first kappa shape index (κ1) is 25.8. The van der Waals surface area contributed by atoms with Gasteiger partial charge in [0, 0.05) is 0 Å². The lowest BCUT2D eigenvalue weighted by molar-refractivity contribution is -0.164. The number of carbonyl (C=O) groups is 1. The molecule has 1 aliphatic rings. The SMILES string of the molecule is C=C/C(OP(NCC=O)OCC1(C(F)F)CCC(n2cnc3c(N)ncnc32)O1)=C(C)/C=C\C. The topological polar surface area (TPSA) is 126 Å². The zero-order valence-corrected chi connectivity index (χ0v) is 19.8. The van der Waals surface area contributed by atoms with Crippen molar-refractivity contribution >= 4 is 31.8 Å². The maximum atomic E-state index is 14.2. The molecule has 1 fully saturated rings. The van der Waals surface area contributed by atoms with E-state index in [9.17, 15) is 13.6 Å². The molecule has 0 saturated carbocycles. The van der Waals surface area contributed by atoms with Gasteiger partial charge in [-0.2, -0.15) is 0 Å². The number of halogens is 2. The number of anilines is 1. The van der Waals surface area contributed by atoms with Crippen LogP contribution in [0.2, 0.25) is 0 Å². The van der Waals surface area contributed by atoms with Crippen LogP contribution >= 0.6 is 8.53 Å². The van der Waals surface area contributed by atoms with Crippen molar-refractivity contribution in [3.63, 3.8) is 0 Å². The second kappa shape index (κ2) is 11.6. The van der Waals surface area contributed by atoms with E-state index in [-0.39, 0.29) is 25.2 Å². The molecular formula is C21H27F2N6O4P. The number of rotatable bonds is 12. The molecule has 3 rings (SSSR count). The summed E-state index contributed by atoms with van der Waals surface area (Å²) < 4.78 is 47.4. The molecule has 1 saturated heterocycles. The lowest BCUT2D eigenvalue weighted by atomic mass is 10.0. The van der Waals surface area contributed by atoms with Crippen molar-refractivity contribution in [3.8, 4) is 0 Å². The standard InChI is InChI=1S/C21H27F2N6O4P/c1-4-6-14(3)15(5-2)33-34(28-9-10-30)31-11-21(20(22)23)8-7-16(32-21)29-13-27-17-18(24)25-12-26-19(17)29/h4-6,10,12-13,16,20,28H,2,7-9,11H2,1,3H3,(H2,24,25,26)/b6-4-,15-14-. The molecule has 0 spiro atoms. The summed E-state index contributed by atoms with van der Waals surface area (Å²) in [5.41, 5.74) is 5.45. The Morgan fingerprint density at radius 2 is 2.29 bits per heavy atom. The van der Waals surface area contributed by atoms with Crippen LogP contribution in [0.15, 0.2) is 48.8 Å². The Morgan fingerprint density at radius 3 is 2.97 bits per heavy atom. The van der Waals surface area contributed by atoms with Crippen LogP contribution in [0, 0.1) is 0 Å². The van der Waals surface area contributed by atoms with Crippen LogP contribution < -0.4 is 10.8 Å². The van der Waals surface area contributed by atoms with E-state index in [0.717, 1.165) is 5.57 Å². The third-order valence-electron chi connectivity index (χ3n) is 5.18. The zero-order valence-electron chi connectivity index (χ0n) is 18.9. The first-order valence-corrected chi connectivity index (χ1v) is 11.7. The quantitative estimate of drug-likeness (QED) is 0.195. The summed E-state index contributed by atoms with van der Waals surface area (Å²) in [5, 5.41) is 2.78. The van der Waals surface area contributed by atoms with E-state index >= 15 is 0 Å². The van der Waals surface area contributed by atoms with E-state index in [0.29, 0.717) is 23.2 Å². The van der Waals surface area contributed by atoms with Gasteiger partial charge in [0.2, 0.25) is 0 Å². The largest absolute Gasteiger partial charge is 0.436 e. The lowest BCUT2D eigenvalue weighted by Gasteiger charge is -2.30. The molecular weight excluding hydrogens is 469 g/mol. The molecule has 0 aliphatic carbocycles. The average Bonchev–Trinajstić information content (AvgIpc) is 3.44. The number of alkyl halides is 2. The summed E-state index contributed by atoms with van der Waals surface area (Å²) in [5.74, 6) is 0.592. The van der Waals surface area contributed by atoms with E-state index in [4.69, 9.17) is 19.5 Å². The van der Waals surface area contributed by atoms with E-state index in [1.807, 2.05) is 13.0 Å². The van der Waals surface area contributed by atoms with Crippen LogP contribution in [0.3, 0.4) is 0 Å². The maximum Gasteiger partial charge on any atom is 0.318 e. The molecule has 10 nitrogen and oxygen atoms in total. The predicted octanol–water partition coefficient (Wildman–Crippen LogP) is 3.81. The Morgan fingerprint density at radius 1 is 1.50 bits per heavy atom. The fourth-order valence-corrected chi connectivity index (χ4v) is 4.60. The number of imidazole rings is 1. The summed E-state index contributed by atoms with van der Waals surface area (Å²) in [4.78, 5) is 23.1. The van der Waals surface area contributed by atoms with Crippen molar-refractivity contribution in [2.45, 2.75) is 44.9 Å². The first-order chi connectivity index (χ1) is 16.3. The predicted molar refractivity (Wildman–Crippen MR) is 124 cm³/mol. The van der Waals surface area contributed by atoms with Gasteiger partial charge < -0.3 is 24.3 Å². The van der Waals surface area contributed by atoms with Gasteiger partial charge in [-0.3, -0.25) is 4.57 Å². The second-order valence-electron chi connectivity index (χ2n) is 7.46. The van der Waals surface area contributed by atoms with Crippen LogP contribution in [0.4, 0.5) is 14.6 Å². The van der Waals surface area contributed by atoms with Crippen molar-refractivity contribution < 1.29 is 27.4 Å². The molecule has 1 aliphatic heterocycles. The lowest BCUT2D eigenvalue weighted by Crippen LogP contribution is -2.42. The molecule has 3 heterocycles. The summed E-state index contributed by atoms with van der Waals surface area (Å²) in [6, 6.07) is 0. The number of ether oxygens (including phenoxy) is 1. The van der Waals surface area contributed by atoms with Gasteiger partial charge in [-0.1, -0.05) is 18.7 Å². The normalized spacial score (nSPS) is 22.3. The van der Waals surface area contributed by atoms with Gasteiger partial charge in [0.25, 0.3) is 6.43 Å². The number of fused-ring (bicyclic) bond motifs is 1. The van der Waals surface area contributed by atoms with Crippen molar-refractivity contribution in [1.29, 1.82) is 0 Å². The molecule has 0 radical (unpaired) electrons. The fourth-order valence-electron chi connectivity index (χ4n) is 3.44. The molecule has 34 heavy (non-hydrogen) atoms. The monoisotopic (exact) mass is 496 g/mol. The number of carbonyl (C=O) groups excluding carboxylic acids is 1. The van der Waals surface area contributed by atoms with Gasteiger partial charge in [0.1, 0.15) is 30.1 Å². The minimum absolute atomic E-state index is 0.0220. The van der Waals surface area contributed by atoms with Gasteiger partial charge in [-0.25, -0.2) is 28.8 Å². The number of hydrogen-bond acceptors (Lipinski definition) is 9. The molecule has 3 atom stereocenters. The number of aldehydes is 1. The minimum Gasteiger partial charge on any atom is -0.436 e. The molecule has 3 N–H and O–H groups in total. The Balaban J connectivity index is 1.77. The van der Waals surface area contributed by atoms with E-state index < -0.39 is 33.4 Å². The van der Waals surface area contributed by atoms with Gasteiger partial charge in [0.15, 0.2) is 17.1 Å². The third-order valence-corrected chi connectivity index (χ3v) is 6.35. The maximum absolute atomic E-state index is 14.2. The number of hydrogen-bond donors (Lipinski definition) is 2. The Bertz CT molecular complexity index is 1080. The van der Waals surface area contributed by atoms with Crippen molar-refractivity contribution in [2.75, 3.05) is 18.9 Å². The number of aromatic nitrogens is 4. The van der Waals surface area contributed by atoms with Crippen molar-refractivity contribution in [2.24, 2.45) is 0 Å². The van der Waals surface area contributed by atoms with E-state index in [2.05, 4.69) is 26.6 Å². The molecule has 0 aromatic carbocycles. The van der Waals surface area contributed by atoms with Crippen molar-refractivity contribution in [3.05, 3.63) is 48.8 Å². The first-order valence-electron chi connectivity index (χ1n) is 10.5. The highest BCUT2D eigenvalue weighted by Crippen LogP contribution is 2.45. The number of nitrogens with one attached hydrogen (secondary N) is 1. The summed E-state index contributed by atoms with van der Waals surface area (Å²) in [7, 11) is -1.93. The molecule has 3 unspecified atom stereocenters. The molecule has 2 aromatic rings. The second-order valence-corrected chi connectivity index (χ2v) is 8.73. The zero-order chi connectivity index (χ0) is 24.7. The van der Waals surface area contributed by atoms with Crippen LogP contribution in [0.1, 0.15) is 32.9 Å². The average molecular weight is 496 g/mol. The summed E-state index contributed by atoms with van der Waals surface area (Å²) in [6.07, 6.45) is 5.17. The minimum atomic E-state index is -2.84. The third kappa shape index (κ3) is 5.64. The highest BCUT2D eigenvalue weighted by molar-refractivity contribution is 7.45. The number of allylic oxidation sites excluding steroid dienone is 4. The van der Waals surface area contributed by atoms with E-state index in [1.165, 1.54) is 18.7 Å². The molecule has 2 aromatic heterocycles. The number of nitrogens with zero attached hydrogens (tertiary/aromatic N) is 4. The molecule has 184 valence electrons. The van der Waals surface area contributed by atoms with Crippen LogP contribution in [-0.4, -0.2) is 51.0 Å². The van der Waals surface area contributed by atoms with E-state index in [1.54, 1.807) is 17.6 Å². The van der Waals surface area contributed by atoms with Crippen LogP contribution in [0.25, 0.3) is 11.2 Å². The Labute approximate surface area is 196 Å². The van der Waals surface area contributed by atoms with Crippen molar-refractivity contribution in [1.82, 2.24) is 24.6 Å². The smallest absolute Gasteiger partial charge is 0.318 e. The molecule has 0 amide bonds. The van der Waals surface area contributed by atoms with Crippen LogP contribution in [-0.2, 0) is 18.6 Å². The van der Waals surface area contributed by atoms with Gasteiger partial charge >= 0.3 is 8.53 Å². The van der Waals surface area contributed by atoms with Gasteiger partial charge in [0.05, 0.1) is 19.5 Å². The van der Waals surface area contributed by atoms with Gasteiger partial charge in [-0.15, -0.1) is 0 Å².